The molecule has 0 aliphatic carbocycles. The van der Waals surface area contributed by atoms with Crippen molar-refractivity contribution in [2.75, 3.05) is 5.32 Å². The van der Waals surface area contributed by atoms with Gasteiger partial charge >= 0.3 is 0 Å². The van der Waals surface area contributed by atoms with E-state index in [1.807, 2.05) is 30.6 Å². The third-order valence-corrected chi connectivity index (χ3v) is 3.16. The molecular formula is C15H17N5. The Bertz CT molecular complexity index is 652. The van der Waals surface area contributed by atoms with Crippen molar-refractivity contribution in [2.45, 2.75) is 20.0 Å². The second kappa shape index (κ2) is 5.61. The van der Waals surface area contributed by atoms with E-state index in [-0.39, 0.29) is 0 Å². The van der Waals surface area contributed by atoms with Gasteiger partial charge in [-0.05, 0) is 36.8 Å². The highest BCUT2D eigenvalue weighted by molar-refractivity contribution is 5.43. The fourth-order valence-electron chi connectivity index (χ4n) is 2.03. The topological polar surface area (TPSA) is 47.7 Å². The van der Waals surface area contributed by atoms with E-state index in [0.717, 1.165) is 24.6 Å². The largest absolute Gasteiger partial charge is 0.380 e. The minimum absolute atomic E-state index is 0.801. The summed E-state index contributed by atoms with van der Waals surface area (Å²) in [5, 5.41) is 7.52. The van der Waals surface area contributed by atoms with Gasteiger partial charge in [0.2, 0.25) is 0 Å². The fourth-order valence-corrected chi connectivity index (χ4v) is 2.03. The zero-order valence-electron chi connectivity index (χ0n) is 11.4. The number of aryl methyl sites for hydroxylation is 1. The van der Waals surface area contributed by atoms with Gasteiger partial charge in [-0.1, -0.05) is 0 Å². The molecule has 1 N–H and O–H groups in total. The molecule has 5 heteroatoms. The summed E-state index contributed by atoms with van der Waals surface area (Å²) in [6.45, 7) is 3.94. The maximum absolute atomic E-state index is 4.39. The van der Waals surface area contributed by atoms with Crippen LogP contribution in [0.15, 0.2) is 55.2 Å². The van der Waals surface area contributed by atoms with E-state index in [0.29, 0.717) is 0 Å². The van der Waals surface area contributed by atoms with Crippen LogP contribution in [0.3, 0.4) is 0 Å². The Morgan fingerprint density at radius 2 is 2.15 bits per heavy atom. The quantitative estimate of drug-likeness (QED) is 0.773. The van der Waals surface area contributed by atoms with Crippen LogP contribution in [0, 0.1) is 0 Å². The molecule has 3 rings (SSSR count). The zero-order valence-corrected chi connectivity index (χ0v) is 11.4. The third kappa shape index (κ3) is 2.71. The van der Waals surface area contributed by atoms with Crippen LogP contribution in [0.25, 0.3) is 5.82 Å². The molecule has 0 atom stereocenters. The molecule has 3 aromatic heterocycles. The second-order valence-corrected chi connectivity index (χ2v) is 4.56. The number of nitrogens with zero attached hydrogens (tertiary/aromatic N) is 4. The summed E-state index contributed by atoms with van der Waals surface area (Å²) in [5.74, 6) is 0.817. The van der Waals surface area contributed by atoms with Crippen molar-refractivity contribution >= 4 is 5.69 Å². The molecule has 0 fully saturated rings. The molecule has 5 nitrogen and oxygen atoms in total. The predicted octanol–water partition coefficient (Wildman–Crippen LogP) is 2.70. The zero-order chi connectivity index (χ0) is 13.8. The third-order valence-electron chi connectivity index (χ3n) is 3.16. The Labute approximate surface area is 117 Å². The van der Waals surface area contributed by atoms with Crippen molar-refractivity contribution in [3.05, 3.63) is 60.8 Å². The molecule has 0 saturated carbocycles. The normalized spacial score (nSPS) is 10.7. The summed E-state index contributed by atoms with van der Waals surface area (Å²) in [4.78, 5) is 4.39. The van der Waals surface area contributed by atoms with Gasteiger partial charge in [0.25, 0.3) is 0 Å². The second-order valence-electron chi connectivity index (χ2n) is 4.56. The van der Waals surface area contributed by atoms with Gasteiger partial charge in [-0.3, -0.25) is 0 Å². The van der Waals surface area contributed by atoms with Gasteiger partial charge in [-0.25, -0.2) is 9.67 Å². The van der Waals surface area contributed by atoms with Crippen LogP contribution in [0.4, 0.5) is 5.69 Å². The van der Waals surface area contributed by atoms with Crippen LogP contribution < -0.4 is 5.32 Å². The summed E-state index contributed by atoms with van der Waals surface area (Å²) in [5.41, 5.74) is 2.27. The average Bonchev–Trinajstić information content (AvgIpc) is 3.17. The van der Waals surface area contributed by atoms with Gasteiger partial charge in [0.15, 0.2) is 5.82 Å². The Balaban J connectivity index is 1.63. The lowest BCUT2D eigenvalue weighted by Gasteiger charge is -2.06. The van der Waals surface area contributed by atoms with E-state index < -0.39 is 0 Å². The van der Waals surface area contributed by atoms with E-state index >= 15 is 0 Å². The van der Waals surface area contributed by atoms with Crippen molar-refractivity contribution in [1.29, 1.82) is 0 Å². The van der Waals surface area contributed by atoms with E-state index in [1.54, 1.807) is 10.9 Å². The number of pyridine rings is 1. The first-order valence-corrected chi connectivity index (χ1v) is 6.70. The smallest absolute Gasteiger partial charge is 0.153 e. The molecule has 0 spiro atoms. The van der Waals surface area contributed by atoms with Gasteiger partial charge in [0, 0.05) is 37.9 Å². The monoisotopic (exact) mass is 267 g/mol. The SMILES string of the molecule is CCn1ccc(CNc2ccc(-n3cccn3)nc2)c1. The summed E-state index contributed by atoms with van der Waals surface area (Å²) in [7, 11) is 0. The van der Waals surface area contributed by atoms with Crippen LogP contribution in [0.2, 0.25) is 0 Å². The van der Waals surface area contributed by atoms with Gasteiger partial charge in [0.1, 0.15) is 0 Å². The number of hydrogen-bond acceptors (Lipinski definition) is 3. The summed E-state index contributed by atoms with van der Waals surface area (Å²) >= 11 is 0. The van der Waals surface area contributed by atoms with Crippen LogP contribution >= 0.6 is 0 Å². The Morgan fingerprint density at radius 1 is 1.20 bits per heavy atom. The predicted molar refractivity (Wildman–Crippen MR) is 78.8 cm³/mol. The maximum atomic E-state index is 4.39. The fraction of sp³-hybridized carbons (Fsp3) is 0.200. The van der Waals surface area contributed by atoms with Gasteiger partial charge in [0.05, 0.1) is 11.9 Å². The highest BCUT2D eigenvalue weighted by Crippen LogP contribution is 2.11. The standard InChI is InChI=1S/C15H17N5/c1-2-19-9-6-13(12-19)10-16-14-4-5-15(17-11-14)20-8-3-7-18-20/h3-9,11-12,16H,2,10H2,1H3. The van der Waals surface area contributed by atoms with Gasteiger partial charge in [-0.15, -0.1) is 0 Å². The lowest BCUT2D eigenvalue weighted by molar-refractivity contribution is 0.766. The van der Waals surface area contributed by atoms with Crippen molar-refractivity contribution in [3.8, 4) is 5.82 Å². The molecule has 0 bridgehead atoms. The molecule has 0 amide bonds. The molecule has 0 aliphatic heterocycles. The highest BCUT2D eigenvalue weighted by Gasteiger charge is 1.99. The van der Waals surface area contributed by atoms with Crippen molar-refractivity contribution in [3.63, 3.8) is 0 Å². The van der Waals surface area contributed by atoms with Gasteiger partial charge in [-0.2, -0.15) is 5.10 Å². The first-order valence-electron chi connectivity index (χ1n) is 6.70. The van der Waals surface area contributed by atoms with Crippen LogP contribution in [-0.4, -0.2) is 19.3 Å². The number of aromatic nitrogens is 4. The molecule has 0 aromatic carbocycles. The number of hydrogen-bond donors (Lipinski definition) is 1. The van der Waals surface area contributed by atoms with E-state index in [1.165, 1.54) is 5.56 Å². The van der Waals surface area contributed by atoms with Crippen LogP contribution in [0.5, 0.6) is 0 Å². The molecule has 0 radical (unpaired) electrons. The van der Waals surface area contributed by atoms with Crippen molar-refractivity contribution in [2.24, 2.45) is 0 Å². The number of nitrogens with one attached hydrogen (secondary N) is 1. The Morgan fingerprint density at radius 3 is 2.80 bits per heavy atom. The molecule has 20 heavy (non-hydrogen) atoms. The summed E-state index contributed by atoms with van der Waals surface area (Å²) in [6, 6.07) is 7.97. The van der Waals surface area contributed by atoms with Crippen molar-refractivity contribution < 1.29 is 0 Å². The molecule has 0 aliphatic rings. The molecule has 3 aromatic rings. The van der Waals surface area contributed by atoms with E-state index in [4.69, 9.17) is 0 Å². The maximum Gasteiger partial charge on any atom is 0.153 e. The average molecular weight is 267 g/mol. The molecule has 3 heterocycles. The van der Waals surface area contributed by atoms with Crippen LogP contribution in [0.1, 0.15) is 12.5 Å². The first kappa shape index (κ1) is 12.5. The molecule has 102 valence electrons. The van der Waals surface area contributed by atoms with Gasteiger partial charge < -0.3 is 9.88 Å². The van der Waals surface area contributed by atoms with Crippen LogP contribution in [-0.2, 0) is 13.1 Å². The number of anilines is 1. The minimum Gasteiger partial charge on any atom is -0.380 e. The summed E-state index contributed by atoms with van der Waals surface area (Å²) in [6.07, 6.45) is 9.69. The van der Waals surface area contributed by atoms with E-state index in [2.05, 4.69) is 45.4 Å². The first-order chi connectivity index (χ1) is 9.85. The lowest BCUT2D eigenvalue weighted by atomic mass is 10.3. The number of rotatable bonds is 5. The molecular weight excluding hydrogens is 250 g/mol. The molecule has 0 unspecified atom stereocenters. The Hall–Kier alpha value is -2.56. The minimum atomic E-state index is 0.801. The Kier molecular flexibility index (Phi) is 3.50. The summed E-state index contributed by atoms with van der Waals surface area (Å²) < 4.78 is 3.90. The van der Waals surface area contributed by atoms with E-state index in [9.17, 15) is 0 Å². The molecule has 0 saturated heterocycles. The van der Waals surface area contributed by atoms with Crippen molar-refractivity contribution in [1.82, 2.24) is 19.3 Å². The highest BCUT2D eigenvalue weighted by atomic mass is 15.3. The lowest BCUT2D eigenvalue weighted by Crippen LogP contribution is -2.01.